The highest BCUT2D eigenvalue weighted by Crippen LogP contribution is 2.26. The minimum absolute atomic E-state index is 0.189. The summed E-state index contributed by atoms with van der Waals surface area (Å²) in [6, 6.07) is 11.6. The summed E-state index contributed by atoms with van der Waals surface area (Å²) in [6.07, 6.45) is 7.25. The number of hydrogen-bond acceptors (Lipinski definition) is 5. The number of pyridine rings is 1. The number of hydrogen-bond donors (Lipinski definition) is 1. The minimum Gasteiger partial charge on any atom is -0.494 e. The molecule has 1 aliphatic rings. The number of nitrogens with one attached hydrogen (secondary N) is 1. The molecular weight excluding hydrogens is 292 g/mol. The van der Waals surface area contributed by atoms with Crippen LogP contribution in [0.2, 0.25) is 0 Å². The van der Waals surface area contributed by atoms with Crippen LogP contribution in [0.1, 0.15) is 31.4 Å². The van der Waals surface area contributed by atoms with Gasteiger partial charge in [0, 0.05) is 12.3 Å². The van der Waals surface area contributed by atoms with Gasteiger partial charge < -0.3 is 9.47 Å². The summed E-state index contributed by atoms with van der Waals surface area (Å²) >= 11 is 0. The predicted molar refractivity (Wildman–Crippen MR) is 86.8 cm³/mol. The number of unbranched alkanes of at least 4 members (excludes halogenated alkanes) is 1. The number of rotatable bonds is 7. The summed E-state index contributed by atoms with van der Waals surface area (Å²) in [6.45, 7) is 2.90. The third kappa shape index (κ3) is 4.23. The van der Waals surface area contributed by atoms with Crippen molar-refractivity contribution in [3.8, 4) is 11.5 Å². The summed E-state index contributed by atoms with van der Waals surface area (Å²) in [4.78, 5) is 9.54. The highest BCUT2D eigenvalue weighted by Gasteiger charge is 2.19. The Morgan fingerprint density at radius 2 is 2.04 bits per heavy atom. The maximum Gasteiger partial charge on any atom is 0.216 e. The van der Waals surface area contributed by atoms with Crippen molar-refractivity contribution < 1.29 is 14.3 Å². The minimum atomic E-state index is -0.189. The van der Waals surface area contributed by atoms with Gasteiger partial charge in [0.15, 0.2) is 0 Å². The molecule has 2 heterocycles. The second kappa shape index (κ2) is 7.65. The molecule has 0 aliphatic carbocycles. The molecule has 0 saturated heterocycles. The number of nitrogens with zero attached hydrogens (tertiary/aromatic N) is 1. The molecule has 3 rings (SSSR count). The van der Waals surface area contributed by atoms with Crippen LogP contribution in [0.5, 0.6) is 11.5 Å². The zero-order chi connectivity index (χ0) is 15.9. The topological polar surface area (TPSA) is 52.6 Å². The number of benzene rings is 1. The van der Waals surface area contributed by atoms with Crippen molar-refractivity contribution in [1.82, 2.24) is 10.5 Å². The fraction of sp³-hybridized carbons (Fsp3) is 0.278. The SMILES string of the molecule is CCCCOc1ccc([C@@H]2C=C(Oc3cccnc3)NO2)cc1. The molecular formula is C18H20N2O3. The third-order valence-electron chi connectivity index (χ3n) is 3.43. The van der Waals surface area contributed by atoms with E-state index >= 15 is 0 Å². The summed E-state index contributed by atoms with van der Waals surface area (Å²) in [5.74, 6) is 2.10. The molecule has 1 atom stereocenters. The van der Waals surface area contributed by atoms with Crippen molar-refractivity contribution in [2.75, 3.05) is 6.61 Å². The normalized spacial score (nSPS) is 16.6. The van der Waals surface area contributed by atoms with Gasteiger partial charge >= 0.3 is 0 Å². The Hall–Kier alpha value is -2.53. The molecule has 120 valence electrons. The average Bonchev–Trinajstić information content (AvgIpc) is 3.05. The molecule has 1 aromatic carbocycles. The molecule has 23 heavy (non-hydrogen) atoms. The Kier molecular flexibility index (Phi) is 5.11. The molecule has 1 N–H and O–H groups in total. The van der Waals surface area contributed by atoms with E-state index in [1.54, 1.807) is 12.4 Å². The van der Waals surface area contributed by atoms with Crippen molar-refractivity contribution in [1.29, 1.82) is 0 Å². The van der Waals surface area contributed by atoms with E-state index in [9.17, 15) is 0 Å². The highest BCUT2D eigenvalue weighted by atomic mass is 16.7. The first kappa shape index (κ1) is 15.4. The molecule has 5 heteroatoms. The van der Waals surface area contributed by atoms with Crippen molar-refractivity contribution in [2.45, 2.75) is 25.9 Å². The first-order valence-electron chi connectivity index (χ1n) is 7.79. The lowest BCUT2D eigenvalue weighted by atomic mass is 10.1. The summed E-state index contributed by atoms with van der Waals surface area (Å²) in [7, 11) is 0. The lowest BCUT2D eigenvalue weighted by Gasteiger charge is -2.09. The molecule has 0 spiro atoms. The van der Waals surface area contributed by atoms with Crippen LogP contribution in [-0.2, 0) is 4.84 Å². The lowest BCUT2D eigenvalue weighted by Crippen LogP contribution is -2.12. The Morgan fingerprint density at radius 3 is 2.78 bits per heavy atom. The van der Waals surface area contributed by atoms with Crippen LogP contribution in [0.15, 0.2) is 60.8 Å². The van der Waals surface area contributed by atoms with E-state index in [0.29, 0.717) is 11.6 Å². The van der Waals surface area contributed by atoms with Crippen LogP contribution >= 0.6 is 0 Å². The van der Waals surface area contributed by atoms with Crippen LogP contribution in [0.25, 0.3) is 0 Å². The van der Waals surface area contributed by atoms with E-state index < -0.39 is 0 Å². The van der Waals surface area contributed by atoms with Gasteiger partial charge in [-0.1, -0.05) is 25.5 Å². The summed E-state index contributed by atoms with van der Waals surface area (Å²) in [5, 5.41) is 0. The van der Waals surface area contributed by atoms with Gasteiger partial charge in [0.05, 0.1) is 12.8 Å². The maximum absolute atomic E-state index is 5.66. The summed E-state index contributed by atoms with van der Waals surface area (Å²) < 4.78 is 11.3. The first-order chi connectivity index (χ1) is 11.3. The van der Waals surface area contributed by atoms with E-state index in [0.717, 1.165) is 30.8 Å². The molecule has 1 aliphatic heterocycles. The summed E-state index contributed by atoms with van der Waals surface area (Å²) in [5.41, 5.74) is 3.82. The van der Waals surface area contributed by atoms with Gasteiger partial charge in [-0.25, -0.2) is 5.48 Å². The zero-order valence-electron chi connectivity index (χ0n) is 13.1. The maximum atomic E-state index is 5.66. The fourth-order valence-electron chi connectivity index (χ4n) is 2.17. The van der Waals surface area contributed by atoms with Crippen LogP contribution in [-0.4, -0.2) is 11.6 Å². The lowest BCUT2D eigenvalue weighted by molar-refractivity contribution is 0.0273. The Morgan fingerprint density at radius 1 is 1.17 bits per heavy atom. The largest absolute Gasteiger partial charge is 0.494 e. The van der Waals surface area contributed by atoms with Crippen LogP contribution < -0.4 is 15.0 Å². The Bertz CT molecular complexity index is 641. The van der Waals surface area contributed by atoms with E-state index in [4.69, 9.17) is 14.3 Å². The molecule has 0 amide bonds. The predicted octanol–water partition coefficient (Wildman–Crippen LogP) is 3.76. The Balaban J connectivity index is 1.59. The fourth-order valence-corrected chi connectivity index (χ4v) is 2.17. The molecule has 1 aromatic heterocycles. The van der Waals surface area contributed by atoms with Crippen molar-refractivity contribution in [3.63, 3.8) is 0 Å². The van der Waals surface area contributed by atoms with Gasteiger partial charge in [0.2, 0.25) is 5.88 Å². The average molecular weight is 312 g/mol. The molecule has 0 unspecified atom stereocenters. The number of ether oxygens (including phenoxy) is 2. The van der Waals surface area contributed by atoms with E-state index in [1.807, 2.05) is 42.5 Å². The molecule has 5 nitrogen and oxygen atoms in total. The first-order valence-corrected chi connectivity index (χ1v) is 7.79. The van der Waals surface area contributed by atoms with Gasteiger partial charge in [-0.05, 0) is 36.2 Å². The second-order valence-electron chi connectivity index (χ2n) is 5.23. The molecule has 0 bridgehead atoms. The van der Waals surface area contributed by atoms with Crippen molar-refractivity contribution in [2.24, 2.45) is 0 Å². The number of aromatic nitrogens is 1. The Labute approximate surface area is 135 Å². The van der Waals surface area contributed by atoms with Crippen molar-refractivity contribution >= 4 is 0 Å². The van der Waals surface area contributed by atoms with Crippen molar-refractivity contribution in [3.05, 3.63) is 66.3 Å². The van der Waals surface area contributed by atoms with E-state index in [1.165, 1.54) is 0 Å². The molecule has 0 fully saturated rings. The van der Waals surface area contributed by atoms with Gasteiger partial charge in [0.1, 0.15) is 17.6 Å². The van der Waals surface area contributed by atoms with Crippen LogP contribution in [0.4, 0.5) is 0 Å². The second-order valence-corrected chi connectivity index (χ2v) is 5.23. The van der Waals surface area contributed by atoms with Gasteiger partial charge in [-0.3, -0.25) is 9.82 Å². The van der Waals surface area contributed by atoms with E-state index in [-0.39, 0.29) is 6.10 Å². The monoisotopic (exact) mass is 312 g/mol. The van der Waals surface area contributed by atoms with Crippen LogP contribution in [0, 0.1) is 0 Å². The van der Waals surface area contributed by atoms with Gasteiger partial charge in [0.25, 0.3) is 0 Å². The zero-order valence-corrected chi connectivity index (χ0v) is 13.1. The van der Waals surface area contributed by atoms with Crippen LogP contribution in [0.3, 0.4) is 0 Å². The molecule has 0 saturated carbocycles. The molecule has 0 radical (unpaired) electrons. The molecule has 2 aromatic rings. The smallest absolute Gasteiger partial charge is 0.216 e. The standard InChI is InChI=1S/C18H20N2O3/c1-2-3-11-21-15-8-6-14(7-9-15)17-12-18(20-23-17)22-16-5-4-10-19-13-16/h4-10,12-13,17,20H,2-3,11H2,1H3/t17-/m0/s1. The quantitative estimate of drug-likeness (QED) is 0.789. The van der Waals surface area contributed by atoms with Gasteiger partial charge in [-0.2, -0.15) is 0 Å². The van der Waals surface area contributed by atoms with E-state index in [2.05, 4.69) is 17.4 Å². The number of hydroxylamine groups is 1. The van der Waals surface area contributed by atoms with Gasteiger partial charge in [-0.15, -0.1) is 0 Å². The highest BCUT2D eigenvalue weighted by molar-refractivity contribution is 5.31. The third-order valence-corrected chi connectivity index (χ3v) is 3.43.